The third kappa shape index (κ3) is 2.72. The molecular formula is C12H10N2O3S. The lowest BCUT2D eigenvalue weighted by molar-refractivity contribution is 0.0696. The molecule has 0 aliphatic rings. The van der Waals surface area contributed by atoms with E-state index in [1.54, 1.807) is 6.07 Å². The van der Waals surface area contributed by atoms with Gasteiger partial charge in [0.1, 0.15) is 5.82 Å². The second kappa shape index (κ2) is 4.97. The van der Waals surface area contributed by atoms with Gasteiger partial charge in [0.2, 0.25) is 0 Å². The maximum atomic E-state index is 11.8. The number of anilines is 1. The first-order chi connectivity index (χ1) is 8.56. The number of nitrogens with one attached hydrogen (secondary N) is 1. The summed E-state index contributed by atoms with van der Waals surface area (Å²) in [6.07, 6.45) is 1.35. The minimum absolute atomic E-state index is 0.0858. The molecule has 2 aromatic rings. The number of carboxylic acid groups (broad SMARTS) is 1. The summed E-state index contributed by atoms with van der Waals surface area (Å²) in [5, 5.41) is 11.4. The molecule has 2 rings (SSSR count). The number of aromatic carboxylic acids is 1. The number of carbonyl (C=O) groups excluding carboxylic acids is 1. The second-order valence-electron chi connectivity index (χ2n) is 3.60. The maximum absolute atomic E-state index is 11.8. The summed E-state index contributed by atoms with van der Waals surface area (Å²) in [5.74, 6) is -1.12. The van der Waals surface area contributed by atoms with E-state index in [-0.39, 0.29) is 17.3 Å². The van der Waals surface area contributed by atoms with E-state index in [0.29, 0.717) is 4.88 Å². The highest BCUT2D eigenvalue weighted by Crippen LogP contribution is 2.16. The lowest BCUT2D eigenvalue weighted by atomic mass is 10.2. The van der Waals surface area contributed by atoms with Gasteiger partial charge < -0.3 is 10.4 Å². The fourth-order valence-corrected chi connectivity index (χ4v) is 2.13. The average Bonchev–Trinajstić information content (AvgIpc) is 2.76. The van der Waals surface area contributed by atoms with Crippen molar-refractivity contribution in [2.75, 3.05) is 5.32 Å². The van der Waals surface area contributed by atoms with Crippen molar-refractivity contribution in [3.63, 3.8) is 0 Å². The van der Waals surface area contributed by atoms with Crippen LogP contribution in [0.4, 0.5) is 5.82 Å². The quantitative estimate of drug-likeness (QED) is 0.890. The van der Waals surface area contributed by atoms with Crippen molar-refractivity contribution in [3.05, 3.63) is 45.8 Å². The zero-order valence-corrected chi connectivity index (χ0v) is 10.3. The summed E-state index contributed by atoms with van der Waals surface area (Å²) >= 11 is 1.37. The highest BCUT2D eigenvalue weighted by molar-refractivity contribution is 7.14. The summed E-state index contributed by atoms with van der Waals surface area (Å²) in [6.45, 7) is 1.91. The Morgan fingerprint density at radius 1 is 1.33 bits per heavy atom. The number of aromatic nitrogens is 1. The van der Waals surface area contributed by atoms with Crippen LogP contribution in [0.1, 0.15) is 24.9 Å². The molecule has 0 unspecified atom stereocenters. The lowest BCUT2D eigenvalue weighted by Gasteiger charge is -2.03. The summed E-state index contributed by atoms with van der Waals surface area (Å²) in [6, 6.07) is 6.25. The maximum Gasteiger partial charge on any atom is 0.335 e. The summed E-state index contributed by atoms with van der Waals surface area (Å²) in [5.41, 5.74) is 0.0858. The Morgan fingerprint density at radius 3 is 2.72 bits per heavy atom. The summed E-state index contributed by atoms with van der Waals surface area (Å²) in [4.78, 5) is 28.1. The summed E-state index contributed by atoms with van der Waals surface area (Å²) < 4.78 is 0. The Bertz CT molecular complexity index is 607. The normalized spacial score (nSPS) is 10.1. The summed E-state index contributed by atoms with van der Waals surface area (Å²) in [7, 11) is 0. The molecule has 0 aliphatic heterocycles. The Hall–Kier alpha value is -2.21. The van der Waals surface area contributed by atoms with Gasteiger partial charge in [-0.1, -0.05) is 0 Å². The number of thiophene rings is 1. The molecule has 0 radical (unpaired) electrons. The number of pyridine rings is 1. The molecule has 0 atom stereocenters. The molecule has 0 aromatic carbocycles. The van der Waals surface area contributed by atoms with Gasteiger partial charge in [0.05, 0.1) is 10.4 Å². The van der Waals surface area contributed by atoms with Gasteiger partial charge in [-0.05, 0) is 31.2 Å². The Labute approximate surface area is 107 Å². The molecule has 1 amide bonds. The monoisotopic (exact) mass is 262 g/mol. The number of aryl methyl sites for hydroxylation is 1. The van der Waals surface area contributed by atoms with Crippen LogP contribution in [0.25, 0.3) is 0 Å². The van der Waals surface area contributed by atoms with E-state index in [1.807, 2.05) is 13.0 Å². The topological polar surface area (TPSA) is 79.3 Å². The van der Waals surface area contributed by atoms with Crippen molar-refractivity contribution >= 4 is 29.0 Å². The predicted molar refractivity (Wildman–Crippen MR) is 68.2 cm³/mol. The van der Waals surface area contributed by atoms with Crippen molar-refractivity contribution in [2.45, 2.75) is 6.92 Å². The first-order valence-electron chi connectivity index (χ1n) is 5.13. The number of amides is 1. The van der Waals surface area contributed by atoms with Gasteiger partial charge in [0, 0.05) is 11.1 Å². The van der Waals surface area contributed by atoms with E-state index in [0.717, 1.165) is 4.88 Å². The second-order valence-corrected chi connectivity index (χ2v) is 4.89. The molecule has 0 spiro atoms. The van der Waals surface area contributed by atoms with Crippen LogP contribution in [0.5, 0.6) is 0 Å². The first-order valence-corrected chi connectivity index (χ1v) is 5.95. The molecule has 6 heteroatoms. The predicted octanol–water partition coefficient (Wildman–Crippen LogP) is 2.40. The van der Waals surface area contributed by atoms with Crippen LogP contribution in [-0.2, 0) is 0 Å². The standard InChI is InChI=1S/C12H10N2O3S/c1-7-2-3-9(18-7)11(15)14-10-6-8(12(16)17)4-5-13-10/h2-6H,1H3,(H,16,17)(H,13,14,15). The molecule has 0 saturated heterocycles. The van der Waals surface area contributed by atoms with E-state index in [4.69, 9.17) is 5.11 Å². The Balaban J connectivity index is 2.16. The van der Waals surface area contributed by atoms with Crippen LogP contribution in [0.3, 0.4) is 0 Å². The van der Waals surface area contributed by atoms with Gasteiger partial charge in [-0.15, -0.1) is 11.3 Å². The molecule has 0 fully saturated rings. The van der Waals surface area contributed by atoms with Crippen LogP contribution in [0.15, 0.2) is 30.5 Å². The third-order valence-corrected chi connectivity index (χ3v) is 3.21. The highest BCUT2D eigenvalue weighted by Gasteiger charge is 2.10. The van der Waals surface area contributed by atoms with Crippen LogP contribution < -0.4 is 5.32 Å². The minimum atomic E-state index is -1.06. The molecule has 92 valence electrons. The number of nitrogens with zero attached hydrogens (tertiary/aromatic N) is 1. The van der Waals surface area contributed by atoms with E-state index in [2.05, 4.69) is 10.3 Å². The fourth-order valence-electron chi connectivity index (χ4n) is 1.37. The molecule has 0 saturated carbocycles. The van der Waals surface area contributed by atoms with E-state index < -0.39 is 5.97 Å². The van der Waals surface area contributed by atoms with Crippen LogP contribution in [0, 0.1) is 6.92 Å². The lowest BCUT2D eigenvalue weighted by Crippen LogP contribution is -2.12. The van der Waals surface area contributed by atoms with Gasteiger partial charge in [-0.25, -0.2) is 9.78 Å². The molecule has 2 heterocycles. The number of carbonyl (C=O) groups is 2. The van der Waals surface area contributed by atoms with Crippen molar-refractivity contribution < 1.29 is 14.7 Å². The largest absolute Gasteiger partial charge is 0.478 e. The fraction of sp³-hybridized carbons (Fsp3) is 0.0833. The number of rotatable bonds is 3. The van der Waals surface area contributed by atoms with Gasteiger partial charge in [-0.2, -0.15) is 0 Å². The molecule has 0 aliphatic carbocycles. The number of carboxylic acids is 1. The zero-order chi connectivity index (χ0) is 13.1. The smallest absolute Gasteiger partial charge is 0.335 e. The van der Waals surface area contributed by atoms with Gasteiger partial charge in [0.25, 0.3) is 5.91 Å². The average molecular weight is 262 g/mol. The van der Waals surface area contributed by atoms with Crippen molar-refractivity contribution in [2.24, 2.45) is 0 Å². The highest BCUT2D eigenvalue weighted by atomic mass is 32.1. The number of hydrogen-bond acceptors (Lipinski definition) is 4. The van der Waals surface area contributed by atoms with Crippen molar-refractivity contribution in [1.82, 2.24) is 4.98 Å². The van der Waals surface area contributed by atoms with Crippen molar-refractivity contribution in [1.29, 1.82) is 0 Å². The van der Waals surface area contributed by atoms with Crippen molar-refractivity contribution in [3.8, 4) is 0 Å². The number of hydrogen-bond donors (Lipinski definition) is 2. The first kappa shape index (κ1) is 12.3. The third-order valence-electron chi connectivity index (χ3n) is 2.21. The molecule has 18 heavy (non-hydrogen) atoms. The van der Waals surface area contributed by atoms with Crippen LogP contribution in [-0.4, -0.2) is 22.0 Å². The van der Waals surface area contributed by atoms with Gasteiger partial charge in [-0.3, -0.25) is 4.79 Å². The van der Waals surface area contributed by atoms with E-state index in [1.165, 1.54) is 29.7 Å². The van der Waals surface area contributed by atoms with E-state index in [9.17, 15) is 9.59 Å². The van der Waals surface area contributed by atoms with Crippen LogP contribution >= 0.6 is 11.3 Å². The molecule has 5 nitrogen and oxygen atoms in total. The Morgan fingerprint density at radius 2 is 2.11 bits per heavy atom. The van der Waals surface area contributed by atoms with Crippen LogP contribution in [0.2, 0.25) is 0 Å². The zero-order valence-electron chi connectivity index (χ0n) is 9.51. The molecular weight excluding hydrogens is 252 g/mol. The molecule has 0 bridgehead atoms. The molecule has 2 aromatic heterocycles. The SMILES string of the molecule is Cc1ccc(C(=O)Nc2cc(C(=O)O)ccn2)s1. The molecule has 2 N–H and O–H groups in total. The van der Waals surface area contributed by atoms with Gasteiger partial charge in [0.15, 0.2) is 0 Å². The van der Waals surface area contributed by atoms with Gasteiger partial charge >= 0.3 is 5.97 Å². The Kier molecular flexibility index (Phi) is 3.38. The minimum Gasteiger partial charge on any atom is -0.478 e. The van der Waals surface area contributed by atoms with E-state index >= 15 is 0 Å².